The summed E-state index contributed by atoms with van der Waals surface area (Å²) in [5.41, 5.74) is 4.93. The highest BCUT2D eigenvalue weighted by Gasteiger charge is 2.10. The van der Waals surface area contributed by atoms with Crippen molar-refractivity contribution in [3.8, 4) is 5.75 Å². The van der Waals surface area contributed by atoms with Crippen LogP contribution >= 0.6 is 0 Å². The molecule has 0 unspecified atom stereocenters. The molecule has 0 atom stereocenters. The standard InChI is InChI=1S/C15H24N2O2/c1-10-8-14(19-5)12(3)11(2)13(10)6-7-17-15(18)9-16-4/h8,16H,6-7,9H2,1-5H3,(H,17,18). The Balaban J connectivity index is 2.74. The largest absolute Gasteiger partial charge is 0.496 e. The van der Waals surface area contributed by atoms with E-state index in [1.54, 1.807) is 14.2 Å². The number of nitrogens with one attached hydrogen (secondary N) is 2. The van der Waals surface area contributed by atoms with Crippen LogP contribution in [0.3, 0.4) is 0 Å². The maximum absolute atomic E-state index is 11.4. The SMILES string of the molecule is CNCC(=O)NCCc1c(C)cc(OC)c(C)c1C. The highest BCUT2D eigenvalue weighted by Crippen LogP contribution is 2.27. The fraction of sp³-hybridized carbons (Fsp3) is 0.533. The van der Waals surface area contributed by atoms with Crippen molar-refractivity contribution in [1.82, 2.24) is 10.6 Å². The first-order chi connectivity index (χ1) is 9.01. The first-order valence-electron chi connectivity index (χ1n) is 6.56. The zero-order valence-corrected chi connectivity index (χ0v) is 12.5. The van der Waals surface area contributed by atoms with E-state index in [2.05, 4.69) is 37.5 Å². The molecular formula is C15H24N2O2. The second kappa shape index (κ2) is 7.14. The van der Waals surface area contributed by atoms with Gasteiger partial charge in [-0.3, -0.25) is 4.79 Å². The Morgan fingerprint density at radius 1 is 1.26 bits per heavy atom. The number of aryl methyl sites for hydroxylation is 1. The summed E-state index contributed by atoms with van der Waals surface area (Å²) in [6.45, 7) is 7.28. The van der Waals surface area contributed by atoms with Crippen molar-refractivity contribution < 1.29 is 9.53 Å². The number of ether oxygens (including phenoxy) is 1. The van der Waals surface area contributed by atoms with Gasteiger partial charge in [0.05, 0.1) is 13.7 Å². The van der Waals surface area contributed by atoms with Crippen LogP contribution in [-0.4, -0.2) is 33.2 Å². The normalized spacial score (nSPS) is 10.4. The average molecular weight is 264 g/mol. The van der Waals surface area contributed by atoms with Gasteiger partial charge in [-0.2, -0.15) is 0 Å². The van der Waals surface area contributed by atoms with Crippen molar-refractivity contribution in [2.45, 2.75) is 27.2 Å². The Kier molecular flexibility index (Phi) is 5.83. The molecule has 1 aromatic rings. The molecule has 0 fully saturated rings. The molecule has 4 heteroatoms. The third-order valence-electron chi connectivity index (χ3n) is 3.46. The summed E-state index contributed by atoms with van der Waals surface area (Å²) in [5.74, 6) is 0.959. The fourth-order valence-electron chi connectivity index (χ4n) is 2.25. The van der Waals surface area contributed by atoms with Gasteiger partial charge in [-0.05, 0) is 62.6 Å². The van der Waals surface area contributed by atoms with Crippen LogP contribution in [0, 0.1) is 20.8 Å². The van der Waals surface area contributed by atoms with E-state index in [9.17, 15) is 4.79 Å². The molecule has 106 valence electrons. The van der Waals surface area contributed by atoms with E-state index in [1.165, 1.54) is 22.3 Å². The average Bonchev–Trinajstić information content (AvgIpc) is 2.38. The lowest BCUT2D eigenvalue weighted by Crippen LogP contribution is -2.33. The van der Waals surface area contributed by atoms with Crippen molar-refractivity contribution in [2.24, 2.45) is 0 Å². The highest BCUT2D eigenvalue weighted by molar-refractivity contribution is 5.77. The van der Waals surface area contributed by atoms with Crippen molar-refractivity contribution in [3.63, 3.8) is 0 Å². The molecule has 0 spiro atoms. The third-order valence-corrected chi connectivity index (χ3v) is 3.46. The molecule has 0 saturated carbocycles. The van der Waals surface area contributed by atoms with Gasteiger partial charge in [-0.1, -0.05) is 0 Å². The Morgan fingerprint density at radius 2 is 1.95 bits per heavy atom. The van der Waals surface area contributed by atoms with Crippen LogP contribution in [0.1, 0.15) is 22.3 Å². The van der Waals surface area contributed by atoms with Gasteiger partial charge in [-0.15, -0.1) is 0 Å². The van der Waals surface area contributed by atoms with Crippen LogP contribution < -0.4 is 15.4 Å². The molecule has 1 amide bonds. The van der Waals surface area contributed by atoms with Crippen molar-refractivity contribution >= 4 is 5.91 Å². The van der Waals surface area contributed by atoms with E-state index < -0.39 is 0 Å². The summed E-state index contributed by atoms with van der Waals surface area (Å²) in [4.78, 5) is 11.4. The first-order valence-corrected chi connectivity index (χ1v) is 6.56. The van der Waals surface area contributed by atoms with Crippen LogP contribution in [0.4, 0.5) is 0 Å². The molecule has 4 nitrogen and oxygen atoms in total. The van der Waals surface area contributed by atoms with Gasteiger partial charge < -0.3 is 15.4 Å². The second-order valence-corrected chi connectivity index (χ2v) is 4.75. The maximum atomic E-state index is 11.4. The predicted molar refractivity (Wildman–Crippen MR) is 77.8 cm³/mol. The van der Waals surface area contributed by atoms with E-state index in [1.807, 2.05) is 0 Å². The summed E-state index contributed by atoms with van der Waals surface area (Å²) in [6.07, 6.45) is 0.845. The molecule has 1 rings (SSSR count). The number of amides is 1. The molecule has 19 heavy (non-hydrogen) atoms. The summed E-state index contributed by atoms with van der Waals surface area (Å²) < 4.78 is 5.36. The summed E-state index contributed by atoms with van der Waals surface area (Å²) in [7, 11) is 3.46. The van der Waals surface area contributed by atoms with Gasteiger partial charge in [0.2, 0.25) is 5.91 Å². The van der Waals surface area contributed by atoms with E-state index >= 15 is 0 Å². The van der Waals surface area contributed by atoms with Crippen LogP contribution in [0.15, 0.2) is 6.07 Å². The topological polar surface area (TPSA) is 50.4 Å². The molecule has 0 saturated heterocycles. The molecule has 0 aliphatic rings. The minimum Gasteiger partial charge on any atom is -0.496 e. The summed E-state index contributed by atoms with van der Waals surface area (Å²) in [5, 5.41) is 5.74. The summed E-state index contributed by atoms with van der Waals surface area (Å²) in [6, 6.07) is 2.06. The summed E-state index contributed by atoms with van der Waals surface area (Å²) >= 11 is 0. The third kappa shape index (κ3) is 3.96. The lowest BCUT2D eigenvalue weighted by atomic mass is 9.95. The van der Waals surface area contributed by atoms with Gasteiger partial charge in [0.1, 0.15) is 5.75 Å². The number of methoxy groups -OCH3 is 1. The van der Waals surface area contributed by atoms with E-state index in [-0.39, 0.29) is 5.91 Å². The molecule has 2 N–H and O–H groups in total. The van der Waals surface area contributed by atoms with E-state index in [0.717, 1.165) is 12.2 Å². The Labute approximate surface area is 115 Å². The lowest BCUT2D eigenvalue weighted by molar-refractivity contribution is -0.120. The number of hydrogen-bond donors (Lipinski definition) is 2. The van der Waals surface area contributed by atoms with Gasteiger partial charge in [0.25, 0.3) is 0 Å². The first kappa shape index (κ1) is 15.5. The number of benzene rings is 1. The lowest BCUT2D eigenvalue weighted by Gasteiger charge is -2.16. The molecule has 0 aromatic heterocycles. The number of carbonyl (C=O) groups excluding carboxylic acids is 1. The van der Waals surface area contributed by atoms with Crippen LogP contribution in [0.5, 0.6) is 5.75 Å². The number of rotatable bonds is 6. The Hall–Kier alpha value is -1.55. The minimum absolute atomic E-state index is 0.0306. The smallest absolute Gasteiger partial charge is 0.233 e. The molecule has 0 aliphatic heterocycles. The van der Waals surface area contributed by atoms with Crippen molar-refractivity contribution in [1.29, 1.82) is 0 Å². The number of likely N-dealkylation sites (N-methyl/N-ethyl adjacent to an activating group) is 1. The van der Waals surface area contributed by atoms with Crippen LogP contribution in [-0.2, 0) is 11.2 Å². The Bertz CT molecular complexity index is 456. The molecule has 0 bridgehead atoms. The maximum Gasteiger partial charge on any atom is 0.233 e. The monoisotopic (exact) mass is 264 g/mol. The molecule has 0 radical (unpaired) electrons. The van der Waals surface area contributed by atoms with Gasteiger partial charge in [0, 0.05) is 6.54 Å². The van der Waals surface area contributed by atoms with Gasteiger partial charge in [-0.25, -0.2) is 0 Å². The van der Waals surface area contributed by atoms with Gasteiger partial charge >= 0.3 is 0 Å². The van der Waals surface area contributed by atoms with Crippen LogP contribution in [0.25, 0.3) is 0 Å². The minimum atomic E-state index is 0.0306. The fourth-order valence-corrected chi connectivity index (χ4v) is 2.25. The van der Waals surface area contributed by atoms with Gasteiger partial charge in [0.15, 0.2) is 0 Å². The van der Waals surface area contributed by atoms with E-state index in [4.69, 9.17) is 4.74 Å². The van der Waals surface area contributed by atoms with E-state index in [0.29, 0.717) is 13.1 Å². The molecular weight excluding hydrogens is 240 g/mol. The van der Waals surface area contributed by atoms with Crippen LogP contribution in [0.2, 0.25) is 0 Å². The zero-order chi connectivity index (χ0) is 14.4. The predicted octanol–water partition coefficient (Wildman–Crippen LogP) is 1.50. The zero-order valence-electron chi connectivity index (χ0n) is 12.5. The Morgan fingerprint density at radius 3 is 2.53 bits per heavy atom. The molecule has 0 aliphatic carbocycles. The molecule has 0 heterocycles. The molecule has 1 aromatic carbocycles. The van der Waals surface area contributed by atoms with Crippen molar-refractivity contribution in [3.05, 3.63) is 28.3 Å². The second-order valence-electron chi connectivity index (χ2n) is 4.75. The quantitative estimate of drug-likeness (QED) is 0.818. The number of carbonyl (C=O) groups is 1. The van der Waals surface area contributed by atoms with Crippen molar-refractivity contribution in [2.75, 3.05) is 27.2 Å². The number of hydrogen-bond acceptors (Lipinski definition) is 3. The highest BCUT2D eigenvalue weighted by atomic mass is 16.5.